The summed E-state index contributed by atoms with van der Waals surface area (Å²) in [5.74, 6) is -0.627. The Morgan fingerprint density at radius 3 is 2.73 bits per heavy atom. The summed E-state index contributed by atoms with van der Waals surface area (Å²) >= 11 is 0. The minimum atomic E-state index is -0.598. The lowest BCUT2D eigenvalue weighted by atomic mass is 10.1. The fourth-order valence-corrected chi connectivity index (χ4v) is 1.77. The first-order chi connectivity index (χ1) is 10.7. The molecule has 0 saturated heterocycles. The van der Waals surface area contributed by atoms with Gasteiger partial charge in [-0.2, -0.15) is 0 Å². The molecule has 0 aliphatic heterocycles. The van der Waals surface area contributed by atoms with Gasteiger partial charge in [-0.3, -0.25) is 0 Å². The second kappa shape index (κ2) is 7.21. The number of halogens is 1. The summed E-state index contributed by atoms with van der Waals surface area (Å²) < 4.78 is 28.4. The topological polar surface area (TPSA) is 57.7 Å². The van der Waals surface area contributed by atoms with Crippen molar-refractivity contribution in [2.75, 3.05) is 14.2 Å². The van der Waals surface area contributed by atoms with Crippen LogP contribution in [0.2, 0.25) is 0 Å². The van der Waals surface area contributed by atoms with Crippen molar-refractivity contribution >= 4 is 11.5 Å². The van der Waals surface area contributed by atoms with Gasteiger partial charge in [0.1, 0.15) is 17.1 Å². The van der Waals surface area contributed by atoms with Crippen LogP contribution in [0.25, 0.3) is 5.57 Å². The maximum absolute atomic E-state index is 13.2. The minimum Gasteiger partial charge on any atom is -0.503 e. The Labute approximate surface area is 127 Å². The van der Waals surface area contributed by atoms with Gasteiger partial charge in [0.25, 0.3) is 0 Å². The maximum atomic E-state index is 13.2. The Kier molecular flexibility index (Phi) is 5.08. The maximum Gasteiger partial charge on any atom is 0.341 e. The first-order valence-electron chi connectivity index (χ1n) is 6.35. The molecule has 0 aliphatic rings. The molecule has 6 heteroatoms. The highest BCUT2D eigenvalue weighted by molar-refractivity contribution is 6.16. The lowest BCUT2D eigenvalue weighted by Gasteiger charge is -2.11. The van der Waals surface area contributed by atoms with Gasteiger partial charge >= 0.3 is 5.97 Å². The van der Waals surface area contributed by atoms with Crippen LogP contribution in [0.3, 0.4) is 0 Å². The van der Waals surface area contributed by atoms with Crippen molar-refractivity contribution in [1.82, 2.24) is 4.98 Å². The number of nitrogens with zero attached hydrogens (tertiary/aromatic N) is 1. The summed E-state index contributed by atoms with van der Waals surface area (Å²) in [5, 5.41) is 0. The monoisotopic (exact) mass is 303 g/mol. The molecular weight excluding hydrogens is 289 g/mol. The number of benzene rings is 1. The van der Waals surface area contributed by atoms with E-state index in [2.05, 4.69) is 4.98 Å². The summed E-state index contributed by atoms with van der Waals surface area (Å²) in [6.07, 6.45) is 2.74. The third kappa shape index (κ3) is 3.60. The van der Waals surface area contributed by atoms with Gasteiger partial charge < -0.3 is 14.2 Å². The number of pyridine rings is 1. The molecule has 0 bridgehead atoms. The van der Waals surface area contributed by atoms with Crippen molar-refractivity contribution in [2.45, 2.75) is 0 Å². The standard InChI is InChI=1S/C16H14FNO4/c1-20-10-14(16(19)21-2)13-7-4-8-18-15(13)22-12-6-3-5-11(17)9-12/h3-10H,1-2H3/b14-10+. The third-order valence-electron chi connectivity index (χ3n) is 2.71. The molecule has 2 rings (SSSR count). The Hall–Kier alpha value is -2.89. The van der Waals surface area contributed by atoms with Crippen molar-refractivity contribution < 1.29 is 23.4 Å². The number of hydrogen-bond acceptors (Lipinski definition) is 5. The lowest BCUT2D eigenvalue weighted by Crippen LogP contribution is -2.06. The van der Waals surface area contributed by atoms with E-state index in [4.69, 9.17) is 14.2 Å². The van der Waals surface area contributed by atoms with Crippen LogP contribution >= 0.6 is 0 Å². The highest BCUT2D eigenvalue weighted by Gasteiger charge is 2.19. The molecule has 1 aromatic heterocycles. The molecule has 1 heterocycles. The molecule has 1 aromatic carbocycles. The van der Waals surface area contributed by atoms with Crippen LogP contribution in [-0.4, -0.2) is 25.2 Å². The average Bonchev–Trinajstić information content (AvgIpc) is 2.53. The van der Waals surface area contributed by atoms with E-state index in [1.54, 1.807) is 18.2 Å². The van der Waals surface area contributed by atoms with Crippen LogP contribution in [-0.2, 0) is 14.3 Å². The fraction of sp³-hybridized carbons (Fsp3) is 0.125. The number of ether oxygens (including phenoxy) is 3. The second-order valence-corrected chi connectivity index (χ2v) is 4.17. The van der Waals surface area contributed by atoms with E-state index in [-0.39, 0.29) is 17.2 Å². The number of esters is 1. The van der Waals surface area contributed by atoms with Crippen molar-refractivity contribution in [1.29, 1.82) is 0 Å². The van der Waals surface area contributed by atoms with Gasteiger partial charge in [0.15, 0.2) is 0 Å². The molecular formula is C16H14FNO4. The van der Waals surface area contributed by atoms with Gasteiger partial charge in [-0.1, -0.05) is 6.07 Å². The molecule has 0 aliphatic carbocycles. The van der Waals surface area contributed by atoms with Gasteiger partial charge in [-0.05, 0) is 24.3 Å². The molecule has 0 amide bonds. The molecule has 0 radical (unpaired) electrons. The zero-order valence-corrected chi connectivity index (χ0v) is 12.1. The first-order valence-corrected chi connectivity index (χ1v) is 6.35. The summed E-state index contributed by atoms with van der Waals surface area (Å²) in [5.41, 5.74) is 0.518. The largest absolute Gasteiger partial charge is 0.503 e. The molecule has 0 unspecified atom stereocenters. The van der Waals surface area contributed by atoms with Crippen LogP contribution in [0.5, 0.6) is 11.6 Å². The van der Waals surface area contributed by atoms with Crippen LogP contribution < -0.4 is 4.74 Å². The van der Waals surface area contributed by atoms with Crippen LogP contribution in [0.15, 0.2) is 48.9 Å². The SMILES string of the molecule is CO/C=C(/C(=O)OC)c1cccnc1Oc1cccc(F)c1. The lowest BCUT2D eigenvalue weighted by molar-refractivity contribution is -0.133. The van der Waals surface area contributed by atoms with Gasteiger partial charge in [-0.25, -0.2) is 14.2 Å². The van der Waals surface area contributed by atoms with Gasteiger partial charge in [0.2, 0.25) is 5.88 Å². The molecule has 0 spiro atoms. The van der Waals surface area contributed by atoms with Gasteiger partial charge in [0, 0.05) is 12.3 Å². The highest BCUT2D eigenvalue weighted by Crippen LogP contribution is 2.29. The Morgan fingerprint density at radius 1 is 1.23 bits per heavy atom. The Morgan fingerprint density at radius 2 is 2.05 bits per heavy atom. The number of methoxy groups -OCH3 is 2. The van der Waals surface area contributed by atoms with E-state index >= 15 is 0 Å². The zero-order chi connectivity index (χ0) is 15.9. The summed E-state index contributed by atoms with van der Waals surface area (Å²) in [7, 11) is 2.67. The molecule has 114 valence electrons. The highest BCUT2D eigenvalue weighted by atomic mass is 19.1. The zero-order valence-electron chi connectivity index (χ0n) is 12.1. The summed E-state index contributed by atoms with van der Waals surface area (Å²) in [6, 6.07) is 8.88. The molecule has 0 N–H and O–H groups in total. The van der Waals surface area contributed by atoms with Crippen LogP contribution in [0, 0.1) is 5.82 Å². The summed E-state index contributed by atoms with van der Waals surface area (Å²) in [4.78, 5) is 15.9. The van der Waals surface area contributed by atoms with E-state index in [9.17, 15) is 9.18 Å². The molecule has 0 saturated carbocycles. The fourth-order valence-electron chi connectivity index (χ4n) is 1.77. The van der Waals surface area contributed by atoms with Crippen molar-refractivity contribution in [2.24, 2.45) is 0 Å². The van der Waals surface area contributed by atoms with Crippen molar-refractivity contribution in [3.63, 3.8) is 0 Å². The smallest absolute Gasteiger partial charge is 0.341 e. The molecule has 0 atom stereocenters. The molecule has 5 nitrogen and oxygen atoms in total. The molecule has 22 heavy (non-hydrogen) atoms. The van der Waals surface area contributed by atoms with Crippen molar-refractivity contribution in [3.8, 4) is 11.6 Å². The normalized spacial score (nSPS) is 11.0. The number of rotatable bonds is 5. The van der Waals surface area contributed by atoms with E-state index in [1.807, 2.05) is 0 Å². The van der Waals surface area contributed by atoms with Gasteiger partial charge in [0.05, 0.1) is 26.0 Å². The second-order valence-electron chi connectivity index (χ2n) is 4.17. The molecule has 0 fully saturated rings. The quantitative estimate of drug-likeness (QED) is 0.482. The number of carbonyl (C=O) groups excluding carboxylic acids is 1. The van der Waals surface area contributed by atoms with Crippen LogP contribution in [0.1, 0.15) is 5.56 Å². The number of carbonyl (C=O) groups is 1. The summed E-state index contributed by atoms with van der Waals surface area (Å²) in [6.45, 7) is 0. The van der Waals surface area contributed by atoms with E-state index in [0.717, 1.165) is 0 Å². The predicted octanol–water partition coefficient (Wildman–Crippen LogP) is 3.17. The first kappa shape index (κ1) is 15.5. The van der Waals surface area contributed by atoms with E-state index in [1.165, 1.54) is 44.9 Å². The third-order valence-corrected chi connectivity index (χ3v) is 2.71. The predicted molar refractivity (Wildman–Crippen MR) is 77.7 cm³/mol. The average molecular weight is 303 g/mol. The van der Waals surface area contributed by atoms with Crippen molar-refractivity contribution in [3.05, 3.63) is 60.2 Å². The van der Waals surface area contributed by atoms with Gasteiger partial charge in [-0.15, -0.1) is 0 Å². The Bertz CT molecular complexity index is 700. The molecule has 2 aromatic rings. The Balaban J connectivity index is 2.41. The number of hydrogen-bond donors (Lipinski definition) is 0. The number of aromatic nitrogens is 1. The van der Waals surface area contributed by atoms with E-state index < -0.39 is 11.8 Å². The van der Waals surface area contributed by atoms with E-state index in [0.29, 0.717) is 5.56 Å². The minimum absolute atomic E-state index is 0.141. The van der Waals surface area contributed by atoms with Crippen LogP contribution in [0.4, 0.5) is 4.39 Å².